The van der Waals surface area contributed by atoms with Gasteiger partial charge in [-0.15, -0.1) is 0 Å². The molecule has 0 aromatic heterocycles. The highest BCUT2D eigenvalue weighted by Crippen LogP contribution is 2.16. The van der Waals surface area contributed by atoms with Crippen molar-refractivity contribution in [3.05, 3.63) is 0 Å². The topological polar surface area (TPSA) is 69.6 Å². The second-order valence-corrected chi connectivity index (χ2v) is 14.1. The molecule has 2 atom stereocenters. The predicted octanol–water partition coefficient (Wildman–Crippen LogP) is 12.1. The Hall–Kier alpha value is -0.610. The minimum absolute atomic E-state index is 0.0274. The molecule has 0 aliphatic rings. The fourth-order valence-electron chi connectivity index (χ4n) is 6.48. The third-order valence-corrected chi connectivity index (χ3v) is 9.62. The molecule has 0 saturated heterocycles. The first-order valence-corrected chi connectivity index (χ1v) is 20.2. The molecule has 1 amide bonds. The van der Waals surface area contributed by atoms with Crippen LogP contribution in [0.1, 0.15) is 232 Å². The van der Waals surface area contributed by atoms with Crippen LogP contribution in [-0.4, -0.2) is 34.9 Å². The molecule has 0 fully saturated rings. The highest BCUT2D eigenvalue weighted by molar-refractivity contribution is 5.76. The highest BCUT2D eigenvalue weighted by Gasteiger charge is 2.19. The van der Waals surface area contributed by atoms with Crippen LogP contribution in [0.3, 0.4) is 0 Å². The zero-order chi connectivity index (χ0) is 32.2. The number of hydrogen-bond acceptors (Lipinski definition) is 3. The maximum absolute atomic E-state index is 12.4. The Labute approximate surface area is 276 Å². The number of carbonyl (C=O) groups is 1. The molecule has 4 nitrogen and oxygen atoms in total. The number of aliphatic hydroxyl groups is 2. The molecule has 0 rings (SSSR count). The van der Waals surface area contributed by atoms with E-state index in [-0.39, 0.29) is 12.5 Å². The van der Waals surface area contributed by atoms with Crippen LogP contribution in [-0.2, 0) is 4.79 Å². The minimum Gasteiger partial charge on any atom is -0.394 e. The molecule has 44 heavy (non-hydrogen) atoms. The molecule has 0 spiro atoms. The number of carbonyl (C=O) groups excluding carboxylic acids is 1. The maximum Gasteiger partial charge on any atom is 0.220 e. The van der Waals surface area contributed by atoms with E-state index in [9.17, 15) is 15.0 Å². The summed E-state index contributed by atoms with van der Waals surface area (Å²) in [4.78, 5) is 12.4. The molecule has 0 aromatic carbocycles. The lowest BCUT2D eigenvalue weighted by Crippen LogP contribution is -2.45. The Kier molecular flexibility index (Phi) is 36.3. The first-order valence-electron chi connectivity index (χ1n) is 20.2. The lowest BCUT2D eigenvalue weighted by atomic mass is 10.0. The van der Waals surface area contributed by atoms with Crippen molar-refractivity contribution in [3.8, 4) is 0 Å². The van der Waals surface area contributed by atoms with Crippen LogP contribution in [0.4, 0.5) is 0 Å². The van der Waals surface area contributed by atoms with Crippen molar-refractivity contribution in [2.24, 2.45) is 0 Å². The van der Waals surface area contributed by atoms with Gasteiger partial charge < -0.3 is 15.5 Å². The van der Waals surface area contributed by atoms with E-state index in [0.717, 1.165) is 25.7 Å². The van der Waals surface area contributed by atoms with Crippen LogP contribution >= 0.6 is 0 Å². The number of aliphatic hydroxyl groups excluding tert-OH is 2. The van der Waals surface area contributed by atoms with Crippen LogP contribution < -0.4 is 5.32 Å². The first kappa shape index (κ1) is 43.4. The zero-order valence-electron chi connectivity index (χ0n) is 30.2. The minimum atomic E-state index is -0.651. The summed E-state index contributed by atoms with van der Waals surface area (Å²) in [5.74, 6) is -0.0274. The summed E-state index contributed by atoms with van der Waals surface area (Å²) in [6, 6.07) is -0.528. The Morgan fingerprint density at radius 2 is 0.727 bits per heavy atom. The van der Waals surface area contributed by atoms with Gasteiger partial charge in [0.05, 0.1) is 18.8 Å². The van der Waals surface area contributed by atoms with Crippen molar-refractivity contribution in [2.75, 3.05) is 6.61 Å². The molecular formula is C40H81NO3. The molecule has 0 heterocycles. The molecule has 3 N–H and O–H groups in total. The quantitative estimate of drug-likeness (QED) is 0.0603. The molecule has 264 valence electrons. The standard InChI is InChI=1S/C40H81NO3/c1-3-5-7-9-11-13-15-17-18-19-20-21-22-24-26-28-30-32-34-36-40(44)41-38(37-42)39(43)35-33-31-29-27-25-23-16-14-12-10-8-6-4-2/h38-39,42-43H,3-37H2,1-2H3,(H,41,44)/t38-,39+/m0/s1. The van der Waals surface area contributed by atoms with Crippen LogP contribution in [0.2, 0.25) is 0 Å². The van der Waals surface area contributed by atoms with Crippen molar-refractivity contribution in [3.63, 3.8) is 0 Å². The van der Waals surface area contributed by atoms with Gasteiger partial charge in [0.1, 0.15) is 0 Å². The van der Waals surface area contributed by atoms with Gasteiger partial charge in [-0.2, -0.15) is 0 Å². The van der Waals surface area contributed by atoms with E-state index >= 15 is 0 Å². The van der Waals surface area contributed by atoms with E-state index in [1.165, 1.54) is 180 Å². The van der Waals surface area contributed by atoms with E-state index in [1.807, 2.05) is 0 Å². The zero-order valence-corrected chi connectivity index (χ0v) is 30.2. The van der Waals surface area contributed by atoms with E-state index in [4.69, 9.17) is 0 Å². The fraction of sp³-hybridized carbons (Fsp3) is 0.975. The SMILES string of the molecule is CCCCCCCCCCCCCCCCCCCCCC(=O)N[C@@H](CO)[C@H](O)CCCCCCCCCCCCCCC. The summed E-state index contributed by atoms with van der Waals surface area (Å²) in [5.41, 5.74) is 0. The molecule has 4 heteroatoms. The Balaban J connectivity index is 3.48. The van der Waals surface area contributed by atoms with Gasteiger partial charge in [0.2, 0.25) is 5.91 Å². The van der Waals surface area contributed by atoms with Gasteiger partial charge in [0.25, 0.3) is 0 Å². The van der Waals surface area contributed by atoms with Gasteiger partial charge >= 0.3 is 0 Å². The Bertz CT molecular complexity index is 555. The van der Waals surface area contributed by atoms with E-state index in [2.05, 4.69) is 19.2 Å². The average Bonchev–Trinajstić information content (AvgIpc) is 3.03. The number of rotatable bonds is 37. The van der Waals surface area contributed by atoms with Crippen molar-refractivity contribution < 1.29 is 15.0 Å². The van der Waals surface area contributed by atoms with Crippen LogP contribution in [0, 0.1) is 0 Å². The number of amides is 1. The summed E-state index contributed by atoms with van der Waals surface area (Å²) in [6.45, 7) is 4.37. The monoisotopic (exact) mass is 624 g/mol. The molecular weight excluding hydrogens is 542 g/mol. The van der Waals surface area contributed by atoms with Crippen LogP contribution in [0.15, 0.2) is 0 Å². The smallest absolute Gasteiger partial charge is 0.220 e. The maximum atomic E-state index is 12.4. The second kappa shape index (κ2) is 36.9. The van der Waals surface area contributed by atoms with Crippen molar-refractivity contribution >= 4 is 5.91 Å². The van der Waals surface area contributed by atoms with Gasteiger partial charge in [-0.25, -0.2) is 0 Å². The van der Waals surface area contributed by atoms with Crippen LogP contribution in [0.25, 0.3) is 0 Å². The molecule has 0 aromatic rings. The number of hydrogen-bond donors (Lipinski definition) is 3. The van der Waals surface area contributed by atoms with E-state index in [1.54, 1.807) is 0 Å². The van der Waals surface area contributed by atoms with Crippen LogP contribution in [0.5, 0.6) is 0 Å². The molecule has 0 bridgehead atoms. The third-order valence-electron chi connectivity index (χ3n) is 9.62. The Morgan fingerprint density at radius 3 is 1.02 bits per heavy atom. The average molecular weight is 624 g/mol. The molecule has 0 aliphatic carbocycles. The summed E-state index contributed by atoms with van der Waals surface area (Å²) in [6.07, 6.45) is 43.1. The highest BCUT2D eigenvalue weighted by atomic mass is 16.3. The van der Waals surface area contributed by atoms with Gasteiger partial charge in [0, 0.05) is 6.42 Å². The summed E-state index contributed by atoms with van der Waals surface area (Å²) >= 11 is 0. The van der Waals surface area contributed by atoms with E-state index in [0.29, 0.717) is 12.8 Å². The predicted molar refractivity (Wildman–Crippen MR) is 193 cm³/mol. The number of nitrogens with one attached hydrogen (secondary N) is 1. The molecule has 0 radical (unpaired) electrons. The number of unbranched alkanes of at least 4 members (excludes halogenated alkanes) is 30. The van der Waals surface area contributed by atoms with Gasteiger partial charge in [0.15, 0.2) is 0 Å². The summed E-state index contributed by atoms with van der Waals surface area (Å²) in [7, 11) is 0. The molecule has 0 aliphatic heterocycles. The Morgan fingerprint density at radius 1 is 0.455 bits per heavy atom. The summed E-state index contributed by atoms with van der Waals surface area (Å²) in [5, 5.41) is 23.1. The lowest BCUT2D eigenvalue weighted by Gasteiger charge is -2.22. The molecule has 0 unspecified atom stereocenters. The van der Waals surface area contributed by atoms with Crippen molar-refractivity contribution in [1.29, 1.82) is 0 Å². The second-order valence-electron chi connectivity index (χ2n) is 14.1. The van der Waals surface area contributed by atoms with E-state index < -0.39 is 12.1 Å². The van der Waals surface area contributed by atoms with Crippen molar-refractivity contribution in [2.45, 2.75) is 244 Å². The normalized spacial score (nSPS) is 12.9. The van der Waals surface area contributed by atoms with Gasteiger partial charge in [-0.3, -0.25) is 4.79 Å². The first-order chi connectivity index (χ1) is 21.7. The van der Waals surface area contributed by atoms with Gasteiger partial charge in [-0.05, 0) is 12.8 Å². The summed E-state index contributed by atoms with van der Waals surface area (Å²) < 4.78 is 0. The molecule has 0 saturated carbocycles. The largest absolute Gasteiger partial charge is 0.394 e. The third kappa shape index (κ3) is 32.8. The van der Waals surface area contributed by atoms with Crippen molar-refractivity contribution in [1.82, 2.24) is 5.32 Å². The van der Waals surface area contributed by atoms with Gasteiger partial charge in [-0.1, -0.05) is 213 Å². The fourth-order valence-corrected chi connectivity index (χ4v) is 6.48. The lowest BCUT2D eigenvalue weighted by molar-refractivity contribution is -0.123.